The summed E-state index contributed by atoms with van der Waals surface area (Å²) >= 11 is 17.5. The SMILES string of the molecule is CC1(C(=O)Oc2ccc(Cl)cc2)CC1(Cl)Cl. The maximum absolute atomic E-state index is 11.8. The van der Waals surface area contributed by atoms with E-state index < -0.39 is 15.7 Å². The zero-order valence-corrected chi connectivity index (χ0v) is 10.7. The molecule has 0 radical (unpaired) electrons. The van der Waals surface area contributed by atoms with Gasteiger partial charge in [0.1, 0.15) is 15.5 Å². The topological polar surface area (TPSA) is 26.3 Å². The van der Waals surface area contributed by atoms with Gasteiger partial charge in [-0.3, -0.25) is 4.79 Å². The lowest BCUT2D eigenvalue weighted by Gasteiger charge is -2.11. The van der Waals surface area contributed by atoms with Crippen LogP contribution in [0.3, 0.4) is 0 Å². The monoisotopic (exact) mass is 278 g/mol. The molecular weight excluding hydrogens is 270 g/mol. The molecule has 1 aromatic rings. The van der Waals surface area contributed by atoms with Gasteiger partial charge in [-0.15, -0.1) is 23.2 Å². The third-order valence-electron chi connectivity index (χ3n) is 2.73. The summed E-state index contributed by atoms with van der Waals surface area (Å²) in [7, 11) is 0. The second kappa shape index (κ2) is 3.80. The van der Waals surface area contributed by atoms with Gasteiger partial charge in [-0.2, -0.15) is 0 Å². The van der Waals surface area contributed by atoms with E-state index in [0.29, 0.717) is 17.2 Å². The van der Waals surface area contributed by atoms with Crippen LogP contribution in [0, 0.1) is 5.41 Å². The Balaban J connectivity index is 2.07. The number of hydrogen-bond donors (Lipinski definition) is 0. The van der Waals surface area contributed by atoms with E-state index in [2.05, 4.69) is 0 Å². The highest BCUT2D eigenvalue weighted by molar-refractivity contribution is 6.53. The average molecular weight is 280 g/mol. The molecular formula is C11H9Cl3O2. The number of esters is 1. The van der Waals surface area contributed by atoms with Crippen molar-refractivity contribution in [3.8, 4) is 5.75 Å². The zero-order valence-electron chi connectivity index (χ0n) is 8.47. The summed E-state index contributed by atoms with van der Waals surface area (Å²) in [4.78, 5) is 11.8. The molecule has 1 aromatic carbocycles. The van der Waals surface area contributed by atoms with Crippen molar-refractivity contribution in [1.29, 1.82) is 0 Å². The highest BCUT2D eigenvalue weighted by atomic mass is 35.5. The third kappa shape index (κ3) is 2.02. The molecule has 1 saturated carbocycles. The molecule has 0 amide bonds. The van der Waals surface area contributed by atoms with Crippen molar-refractivity contribution in [2.24, 2.45) is 5.41 Å². The van der Waals surface area contributed by atoms with E-state index in [4.69, 9.17) is 39.5 Å². The van der Waals surface area contributed by atoms with Gasteiger partial charge < -0.3 is 4.74 Å². The molecule has 1 aliphatic carbocycles. The van der Waals surface area contributed by atoms with Crippen LogP contribution >= 0.6 is 34.8 Å². The Bertz CT molecular complexity index is 427. The van der Waals surface area contributed by atoms with E-state index in [-0.39, 0.29) is 0 Å². The molecule has 5 heteroatoms. The zero-order chi connectivity index (χ0) is 12.0. The molecule has 0 spiro atoms. The lowest BCUT2D eigenvalue weighted by molar-refractivity contribution is -0.139. The summed E-state index contributed by atoms with van der Waals surface area (Å²) in [6, 6.07) is 6.54. The number of rotatable bonds is 2. The maximum Gasteiger partial charge on any atom is 0.320 e. The molecule has 1 fully saturated rings. The van der Waals surface area contributed by atoms with Crippen molar-refractivity contribution in [2.45, 2.75) is 17.7 Å². The lowest BCUT2D eigenvalue weighted by atomic mass is 10.1. The summed E-state index contributed by atoms with van der Waals surface area (Å²) in [5.74, 6) is 0.0199. The molecule has 16 heavy (non-hydrogen) atoms. The van der Waals surface area contributed by atoms with Gasteiger partial charge in [0.05, 0.1) is 0 Å². The molecule has 0 N–H and O–H groups in total. The van der Waals surface area contributed by atoms with Gasteiger partial charge in [0.25, 0.3) is 0 Å². The second-order valence-electron chi connectivity index (χ2n) is 4.06. The fourth-order valence-electron chi connectivity index (χ4n) is 1.34. The minimum atomic E-state index is -1.00. The van der Waals surface area contributed by atoms with Crippen LogP contribution in [0.25, 0.3) is 0 Å². The molecule has 0 heterocycles. The predicted molar refractivity (Wildman–Crippen MR) is 64.2 cm³/mol. The normalized spacial score (nSPS) is 26.2. The van der Waals surface area contributed by atoms with Crippen LogP contribution in [-0.2, 0) is 4.79 Å². The number of benzene rings is 1. The van der Waals surface area contributed by atoms with Crippen molar-refractivity contribution in [2.75, 3.05) is 0 Å². The fraction of sp³-hybridized carbons (Fsp3) is 0.364. The Hall–Kier alpha value is -0.440. The number of hydrogen-bond acceptors (Lipinski definition) is 2. The van der Waals surface area contributed by atoms with Crippen molar-refractivity contribution in [3.63, 3.8) is 0 Å². The molecule has 1 unspecified atom stereocenters. The first-order valence-corrected chi connectivity index (χ1v) is 5.84. The van der Waals surface area contributed by atoms with Gasteiger partial charge in [0, 0.05) is 11.4 Å². The number of alkyl halides is 2. The van der Waals surface area contributed by atoms with Crippen LogP contribution in [0.1, 0.15) is 13.3 Å². The molecule has 0 aliphatic heterocycles. The molecule has 0 saturated heterocycles. The van der Waals surface area contributed by atoms with E-state index >= 15 is 0 Å². The molecule has 0 bridgehead atoms. The lowest BCUT2D eigenvalue weighted by Crippen LogP contribution is -2.23. The van der Waals surface area contributed by atoms with Crippen LogP contribution in [0.5, 0.6) is 5.75 Å². The minimum absolute atomic E-state index is 0.412. The molecule has 86 valence electrons. The van der Waals surface area contributed by atoms with Gasteiger partial charge >= 0.3 is 5.97 Å². The van der Waals surface area contributed by atoms with Gasteiger partial charge in [0.15, 0.2) is 0 Å². The second-order valence-corrected chi connectivity index (χ2v) is 5.98. The van der Waals surface area contributed by atoms with E-state index in [1.54, 1.807) is 31.2 Å². The Labute approximate surface area is 108 Å². The van der Waals surface area contributed by atoms with Gasteiger partial charge in [-0.25, -0.2) is 0 Å². The largest absolute Gasteiger partial charge is 0.426 e. The summed E-state index contributed by atoms with van der Waals surface area (Å²) in [5.41, 5.74) is -0.810. The number of ether oxygens (including phenoxy) is 1. The highest BCUT2D eigenvalue weighted by Gasteiger charge is 2.69. The first-order chi connectivity index (χ1) is 7.35. The molecule has 0 aromatic heterocycles. The molecule has 1 atom stereocenters. The molecule has 2 rings (SSSR count). The van der Waals surface area contributed by atoms with E-state index in [1.807, 2.05) is 0 Å². The van der Waals surface area contributed by atoms with Crippen molar-refractivity contribution >= 4 is 40.8 Å². The average Bonchev–Trinajstić information content (AvgIpc) is 2.71. The smallest absolute Gasteiger partial charge is 0.320 e. The van der Waals surface area contributed by atoms with Crippen molar-refractivity contribution in [3.05, 3.63) is 29.3 Å². The fourth-order valence-corrected chi connectivity index (χ4v) is 2.16. The number of carbonyl (C=O) groups is 1. The van der Waals surface area contributed by atoms with Crippen LogP contribution in [0.2, 0.25) is 5.02 Å². The number of carbonyl (C=O) groups excluding carboxylic acids is 1. The van der Waals surface area contributed by atoms with Crippen LogP contribution in [0.4, 0.5) is 0 Å². The Morgan fingerprint density at radius 3 is 2.25 bits per heavy atom. The Kier molecular flexibility index (Phi) is 2.85. The predicted octanol–water partition coefficient (Wildman–Crippen LogP) is 3.83. The van der Waals surface area contributed by atoms with Crippen molar-refractivity contribution < 1.29 is 9.53 Å². The van der Waals surface area contributed by atoms with Gasteiger partial charge in [-0.05, 0) is 31.2 Å². The van der Waals surface area contributed by atoms with Crippen LogP contribution in [-0.4, -0.2) is 10.3 Å². The summed E-state index contributed by atoms with van der Waals surface area (Å²) in [6.45, 7) is 1.69. The summed E-state index contributed by atoms with van der Waals surface area (Å²) in [5, 5.41) is 0.585. The molecule has 1 aliphatic rings. The summed E-state index contributed by atoms with van der Waals surface area (Å²) < 4.78 is 4.16. The first-order valence-electron chi connectivity index (χ1n) is 4.71. The third-order valence-corrected chi connectivity index (χ3v) is 4.09. The molecule has 2 nitrogen and oxygen atoms in total. The summed E-state index contributed by atoms with van der Waals surface area (Å²) in [6.07, 6.45) is 0.412. The van der Waals surface area contributed by atoms with Gasteiger partial charge in [-0.1, -0.05) is 11.6 Å². The van der Waals surface area contributed by atoms with E-state index in [0.717, 1.165) is 0 Å². The Morgan fingerprint density at radius 2 is 1.81 bits per heavy atom. The van der Waals surface area contributed by atoms with Gasteiger partial charge in [0.2, 0.25) is 0 Å². The quantitative estimate of drug-likeness (QED) is 0.467. The highest BCUT2D eigenvalue weighted by Crippen LogP contribution is 2.64. The van der Waals surface area contributed by atoms with Crippen molar-refractivity contribution in [1.82, 2.24) is 0 Å². The minimum Gasteiger partial charge on any atom is -0.426 e. The standard InChI is InChI=1S/C11H9Cl3O2/c1-10(6-11(10,13)14)9(15)16-8-4-2-7(12)3-5-8/h2-5H,6H2,1H3. The van der Waals surface area contributed by atoms with Crippen LogP contribution < -0.4 is 4.74 Å². The van der Waals surface area contributed by atoms with E-state index in [1.165, 1.54) is 0 Å². The first kappa shape index (κ1) is 12.0. The maximum atomic E-state index is 11.8. The van der Waals surface area contributed by atoms with Crippen LogP contribution in [0.15, 0.2) is 24.3 Å². The van der Waals surface area contributed by atoms with E-state index in [9.17, 15) is 4.79 Å². The number of halogens is 3. The Morgan fingerprint density at radius 1 is 1.31 bits per heavy atom.